The summed E-state index contributed by atoms with van der Waals surface area (Å²) in [6.45, 7) is 1.08. The molecule has 2 heterocycles. The molecule has 1 saturated heterocycles. The van der Waals surface area contributed by atoms with E-state index in [-0.39, 0.29) is 22.8 Å². The molecule has 3 aromatic rings. The molecule has 2 aliphatic rings. The van der Waals surface area contributed by atoms with Gasteiger partial charge in [0.25, 0.3) is 11.8 Å². The Kier molecular flexibility index (Phi) is 7.77. The second-order valence-electron chi connectivity index (χ2n) is 9.92. The predicted molar refractivity (Wildman–Crippen MR) is 148 cm³/mol. The van der Waals surface area contributed by atoms with E-state index in [4.69, 9.17) is 28.3 Å². The number of halogens is 3. The van der Waals surface area contributed by atoms with E-state index < -0.39 is 30.3 Å². The molecule has 3 N–H and O–H groups in total. The third-order valence-corrected chi connectivity index (χ3v) is 7.86. The van der Waals surface area contributed by atoms with Crippen molar-refractivity contribution in [1.29, 1.82) is 0 Å². The van der Waals surface area contributed by atoms with E-state index in [9.17, 15) is 19.1 Å². The monoisotopic (exact) mass is 572 g/mol. The highest BCUT2D eigenvalue weighted by molar-refractivity contribution is 6.34. The summed E-state index contributed by atoms with van der Waals surface area (Å²) >= 11 is 12.7. The zero-order valence-electron chi connectivity index (χ0n) is 21.1. The highest BCUT2D eigenvalue weighted by Gasteiger charge is 2.45. The van der Waals surface area contributed by atoms with Crippen molar-refractivity contribution < 1.29 is 24.2 Å². The minimum atomic E-state index is -1.08. The first-order valence-corrected chi connectivity index (χ1v) is 13.3. The lowest BCUT2D eigenvalue weighted by atomic mass is 10.0. The van der Waals surface area contributed by atoms with Crippen molar-refractivity contribution in [2.75, 3.05) is 43.1 Å². The number of pyridine rings is 1. The van der Waals surface area contributed by atoms with Gasteiger partial charge in [0.2, 0.25) is 0 Å². The number of carbonyl (C=O) groups is 2. The Hall–Kier alpha value is -3.24. The maximum Gasteiger partial charge on any atom is 0.269 e. The number of aliphatic hydroxyl groups is 2. The van der Waals surface area contributed by atoms with E-state index in [1.807, 2.05) is 6.07 Å². The summed E-state index contributed by atoms with van der Waals surface area (Å²) < 4.78 is 14.6. The van der Waals surface area contributed by atoms with Gasteiger partial charge in [0.15, 0.2) is 0 Å². The van der Waals surface area contributed by atoms with Crippen LogP contribution in [0.1, 0.15) is 27.3 Å². The molecule has 204 valence electrons. The number of anilines is 2. The summed E-state index contributed by atoms with van der Waals surface area (Å²) in [7, 11) is 1.59. The van der Waals surface area contributed by atoms with Gasteiger partial charge in [0.1, 0.15) is 11.5 Å². The molecule has 11 heteroatoms. The largest absolute Gasteiger partial charge is 0.394 e. The van der Waals surface area contributed by atoms with Crippen molar-refractivity contribution in [3.05, 3.63) is 75.8 Å². The Morgan fingerprint density at radius 3 is 2.62 bits per heavy atom. The SMILES string of the molecule is CN(C(=O)c1c(F)cccc1Cl)c1ccc(-c2cc(C(=O)NCC(O)CO)ncc2Cl)cc1N1CC2CC2C1. The van der Waals surface area contributed by atoms with Crippen molar-refractivity contribution in [3.8, 4) is 11.1 Å². The summed E-state index contributed by atoms with van der Waals surface area (Å²) in [5.41, 5.74) is 2.53. The average Bonchev–Trinajstić information content (AvgIpc) is 3.55. The summed E-state index contributed by atoms with van der Waals surface area (Å²) in [4.78, 5) is 33.7. The Bertz CT molecular complexity index is 1410. The lowest BCUT2D eigenvalue weighted by Crippen LogP contribution is -2.34. The normalized spacial score (nSPS) is 18.5. The Labute approximate surface area is 235 Å². The fraction of sp³-hybridized carbons (Fsp3) is 0.321. The molecular weight excluding hydrogens is 546 g/mol. The van der Waals surface area contributed by atoms with Crippen LogP contribution in [0.4, 0.5) is 15.8 Å². The average molecular weight is 573 g/mol. The first-order valence-electron chi connectivity index (χ1n) is 12.5. The van der Waals surface area contributed by atoms with Gasteiger partial charge in [0.05, 0.1) is 39.7 Å². The number of piperidine rings is 1. The molecule has 5 rings (SSSR count). The summed E-state index contributed by atoms with van der Waals surface area (Å²) in [6.07, 6.45) is 1.48. The lowest BCUT2D eigenvalue weighted by molar-refractivity contribution is 0.0798. The van der Waals surface area contributed by atoms with Gasteiger partial charge in [-0.3, -0.25) is 9.59 Å². The highest BCUT2D eigenvalue weighted by atomic mass is 35.5. The minimum Gasteiger partial charge on any atom is -0.394 e. The van der Waals surface area contributed by atoms with Crippen molar-refractivity contribution >= 4 is 46.4 Å². The van der Waals surface area contributed by atoms with Gasteiger partial charge in [-0.25, -0.2) is 9.37 Å². The number of fused-ring (bicyclic) bond motifs is 1. The second kappa shape index (κ2) is 11.1. The molecule has 1 aliphatic heterocycles. The smallest absolute Gasteiger partial charge is 0.269 e. The molecule has 2 fully saturated rings. The van der Waals surface area contributed by atoms with Gasteiger partial charge in [-0.1, -0.05) is 35.3 Å². The minimum absolute atomic E-state index is 0.0355. The zero-order chi connectivity index (χ0) is 27.8. The number of nitrogens with one attached hydrogen (secondary N) is 1. The number of rotatable bonds is 8. The van der Waals surface area contributed by atoms with E-state index in [2.05, 4.69) is 15.2 Å². The van der Waals surface area contributed by atoms with Gasteiger partial charge in [-0.05, 0) is 54.2 Å². The van der Waals surface area contributed by atoms with Crippen LogP contribution in [-0.2, 0) is 0 Å². The van der Waals surface area contributed by atoms with Gasteiger partial charge < -0.3 is 25.3 Å². The highest BCUT2D eigenvalue weighted by Crippen LogP contribution is 2.48. The number of aliphatic hydroxyl groups excluding tert-OH is 2. The lowest BCUT2D eigenvalue weighted by Gasteiger charge is -2.29. The number of carbonyl (C=O) groups excluding carboxylic acids is 2. The number of nitrogens with zero attached hydrogens (tertiary/aromatic N) is 3. The van der Waals surface area contributed by atoms with Crippen LogP contribution in [0.25, 0.3) is 11.1 Å². The van der Waals surface area contributed by atoms with Crippen molar-refractivity contribution in [2.24, 2.45) is 11.8 Å². The molecule has 3 unspecified atom stereocenters. The predicted octanol–water partition coefficient (Wildman–Crippen LogP) is 4.01. The Morgan fingerprint density at radius 1 is 1.18 bits per heavy atom. The molecule has 1 saturated carbocycles. The number of hydrogen-bond donors (Lipinski definition) is 3. The third-order valence-electron chi connectivity index (χ3n) is 7.25. The molecule has 3 atom stereocenters. The van der Waals surface area contributed by atoms with Crippen LogP contribution in [-0.4, -0.2) is 66.4 Å². The van der Waals surface area contributed by atoms with Crippen LogP contribution in [0.3, 0.4) is 0 Å². The van der Waals surface area contributed by atoms with E-state index in [0.29, 0.717) is 33.7 Å². The van der Waals surface area contributed by atoms with E-state index >= 15 is 0 Å². The fourth-order valence-corrected chi connectivity index (χ4v) is 5.41. The van der Waals surface area contributed by atoms with Crippen LogP contribution in [0.2, 0.25) is 10.0 Å². The molecule has 39 heavy (non-hydrogen) atoms. The Morgan fingerprint density at radius 2 is 1.92 bits per heavy atom. The molecule has 8 nitrogen and oxygen atoms in total. The van der Waals surface area contributed by atoms with Gasteiger partial charge in [-0.2, -0.15) is 0 Å². The summed E-state index contributed by atoms with van der Waals surface area (Å²) in [5.74, 6) is -0.567. The summed E-state index contributed by atoms with van der Waals surface area (Å²) in [6, 6.07) is 11.1. The van der Waals surface area contributed by atoms with E-state index in [1.165, 1.54) is 35.7 Å². The first kappa shape index (κ1) is 27.3. The molecule has 0 radical (unpaired) electrons. The van der Waals surface area contributed by atoms with Crippen LogP contribution >= 0.6 is 23.2 Å². The van der Waals surface area contributed by atoms with Crippen LogP contribution in [0.5, 0.6) is 0 Å². The molecule has 0 spiro atoms. The molecule has 2 aromatic carbocycles. The molecule has 2 amide bonds. The third kappa shape index (κ3) is 5.58. The summed E-state index contributed by atoms with van der Waals surface area (Å²) in [5, 5.41) is 21.4. The number of hydrogen-bond acceptors (Lipinski definition) is 6. The topological polar surface area (TPSA) is 106 Å². The number of amides is 2. The quantitative estimate of drug-likeness (QED) is 0.376. The van der Waals surface area contributed by atoms with Gasteiger partial charge in [-0.15, -0.1) is 0 Å². The van der Waals surface area contributed by atoms with Crippen molar-refractivity contribution in [2.45, 2.75) is 12.5 Å². The second-order valence-corrected chi connectivity index (χ2v) is 10.7. The fourth-order valence-electron chi connectivity index (χ4n) is 4.95. The van der Waals surface area contributed by atoms with Gasteiger partial charge >= 0.3 is 0 Å². The molecule has 1 aromatic heterocycles. The molecule has 1 aliphatic carbocycles. The number of aromatic nitrogens is 1. The van der Waals surface area contributed by atoms with E-state index in [0.717, 1.165) is 18.8 Å². The van der Waals surface area contributed by atoms with Crippen molar-refractivity contribution in [3.63, 3.8) is 0 Å². The first-order chi connectivity index (χ1) is 18.7. The maximum absolute atomic E-state index is 14.6. The maximum atomic E-state index is 14.6. The molecular formula is C28H27Cl2FN4O4. The Balaban J connectivity index is 1.50. The van der Waals surface area contributed by atoms with Crippen molar-refractivity contribution in [1.82, 2.24) is 10.3 Å². The van der Waals surface area contributed by atoms with Crippen LogP contribution in [0, 0.1) is 17.7 Å². The number of benzene rings is 2. The van der Waals surface area contributed by atoms with Crippen LogP contribution in [0.15, 0.2) is 48.7 Å². The van der Waals surface area contributed by atoms with Crippen LogP contribution < -0.4 is 15.1 Å². The molecule has 0 bridgehead atoms. The van der Waals surface area contributed by atoms with Gasteiger partial charge in [0, 0.05) is 38.4 Å². The van der Waals surface area contributed by atoms with E-state index in [1.54, 1.807) is 25.2 Å². The zero-order valence-corrected chi connectivity index (χ0v) is 22.6. The standard InChI is InChI=1S/C28H27Cl2FN4O4/c1-34(28(39)26-20(29)3-2-4-22(26)31)24-6-5-15(8-25(24)35-12-16-7-17(16)13-35)19-9-23(32-11-21(19)30)27(38)33-10-18(37)14-36/h2-6,8-9,11,16-18,36-37H,7,10,12-14H2,1H3,(H,33,38).